The van der Waals surface area contributed by atoms with Crippen molar-refractivity contribution in [3.8, 4) is 5.75 Å². The van der Waals surface area contributed by atoms with Crippen LogP contribution in [0.5, 0.6) is 5.75 Å². The molecule has 0 amide bonds. The molecule has 0 saturated carbocycles. The molecule has 1 rings (SSSR count). The number of hydrogen-bond donors (Lipinski definition) is 2. The number of rotatable bonds is 7. The molecule has 3 N–H and O–H groups in total. The van der Waals surface area contributed by atoms with Gasteiger partial charge in [0.2, 0.25) is 0 Å². The van der Waals surface area contributed by atoms with E-state index < -0.39 is 0 Å². The zero-order valence-corrected chi connectivity index (χ0v) is 11.8. The molecule has 0 aliphatic carbocycles. The summed E-state index contributed by atoms with van der Waals surface area (Å²) >= 11 is 6.01. The molecule has 1 aromatic rings. The summed E-state index contributed by atoms with van der Waals surface area (Å²) < 4.78 is 10.7. The van der Waals surface area contributed by atoms with Gasteiger partial charge in [-0.3, -0.25) is 11.3 Å². The van der Waals surface area contributed by atoms with Crippen molar-refractivity contribution in [2.24, 2.45) is 5.84 Å². The van der Waals surface area contributed by atoms with Gasteiger partial charge >= 0.3 is 0 Å². The summed E-state index contributed by atoms with van der Waals surface area (Å²) in [7, 11) is 3.33. The molecule has 5 heteroatoms. The second kappa shape index (κ2) is 7.59. The average Bonchev–Trinajstić information content (AvgIpc) is 2.39. The van der Waals surface area contributed by atoms with E-state index in [-0.39, 0.29) is 12.1 Å². The fourth-order valence-electron chi connectivity index (χ4n) is 2.06. The fourth-order valence-corrected chi connectivity index (χ4v) is 2.25. The lowest BCUT2D eigenvalue weighted by molar-refractivity contribution is 0.0652. The second-order valence-corrected chi connectivity index (χ2v) is 4.55. The van der Waals surface area contributed by atoms with E-state index in [1.807, 2.05) is 18.2 Å². The molecule has 1 aromatic carbocycles. The largest absolute Gasteiger partial charge is 0.496 e. The molecular formula is C13H21ClN2O2. The zero-order chi connectivity index (χ0) is 13.5. The van der Waals surface area contributed by atoms with Crippen molar-refractivity contribution in [2.45, 2.75) is 31.9 Å². The third kappa shape index (κ3) is 3.85. The van der Waals surface area contributed by atoms with Crippen molar-refractivity contribution < 1.29 is 9.47 Å². The van der Waals surface area contributed by atoms with Crippen LogP contribution in [0.1, 0.15) is 18.9 Å². The first kappa shape index (κ1) is 15.2. The van der Waals surface area contributed by atoms with Crippen LogP contribution in [0.25, 0.3) is 0 Å². The second-order valence-electron chi connectivity index (χ2n) is 4.12. The number of benzene rings is 1. The van der Waals surface area contributed by atoms with Crippen LogP contribution in [0.2, 0.25) is 5.02 Å². The van der Waals surface area contributed by atoms with Crippen LogP contribution in [0.3, 0.4) is 0 Å². The molecule has 0 heterocycles. The number of methoxy groups -OCH3 is 2. The molecule has 4 nitrogen and oxygen atoms in total. The van der Waals surface area contributed by atoms with Crippen molar-refractivity contribution in [3.05, 3.63) is 28.8 Å². The van der Waals surface area contributed by atoms with E-state index in [1.165, 1.54) is 0 Å². The highest BCUT2D eigenvalue weighted by Gasteiger charge is 2.20. The number of nitrogens with one attached hydrogen (secondary N) is 1. The van der Waals surface area contributed by atoms with Gasteiger partial charge in [-0.15, -0.1) is 0 Å². The summed E-state index contributed by atoms with van der Waals surface area (Å²) in [6, 6.07) is 5.58. The predicted molar refractivity (Wildman–Crippen MR) is 73.9 cm³/mol. The van der Waals surface area contributed by atoms with Gasteiger partial charge in [-0.05, 0) is 36.6 Å². The van der Waals surface area contributed by atoms with Crippen molar-refractivity contribution in [3.63, 3.8) is 0 Å². The van der Waals surface area contributed by atoms with Gasteiger partial charge in [-0.25, -0.2) is 0 Å². The van der Waals surface area contributed by atoms with Crippen molar-refractivity contribution >= 4 is 11.6 Å². The first-order chi connectivity index (χ1) is 8.65. The summed E-state index contributed by atoms with van der Waals surface area (Å²) in [4.78, 5) is 0. The number of hydrogen-bond acceptors (Lipinski definition) is 4. The molecule has 0 aliphatic heterocycles. The van der Waals surface area contributed by atoms with Crippen LogP contribution in [0, 0.1) is 0 Å². The Kier molecular flexibility index (Phi) is 6.43. The van der Waals surface area contributed by atoms with E-state index >= 15 is 0 Å². The molecule has 0 fully saturated rings. The summed E-state index contributed by atoms with van der Waals surface area (Å²) in [5, 5.41) is 0.687. The maximum Gasteiger partial charge on any atom is 0.122 e. The Morgan fingerprint density at radius 2 is 2.11 bits per heavy atom. The number of nitrogens with two attached hydrogens (primary N) is 1. The Morgan fingerprint density at radius 3 is 2.61 bits per heavy atom. The first-order valence-electron chi connectivity index (χ1n) is 5.97. The quantitative estimate of drug-likeness (QED) is 0.590. The minimum atomic E-state index is 0.0207. The van der Waals surface area contributed by atoms with Gasteiger partial charge in [0.1, 0.15) is 5.75 Å². The SMILES string of the molecule is CCC(OC)C(Cc1cc(Cl)ccc1OC)NN. The highest BCUT2D eigenvalue weighted by Crippen LogP contribution is 2.24. The van der Waals surface area contributed by atoms with Gasteiger partial charge in [0, 0.05) is 12.1 Å². The monoisotopic (exact) mass is 272 g/mol. The summed E-state index contributed by atoms with van der Waals surface area (Å²) in [5.74, 6) is 6.41. The molecule has 0 spiro atoms. The van der Waals surface area contributed by atoms with E-state index in [1.54, 1.807) is 14.2 Å². The normalized spacial score (nSPS) is 14.3. The molecule has 2 unspecified atom stereocenters. The molecule has 0 aliphatic rings. The molecule has 0 bridgehead atoms. The van der Waals surface area contributed by atoms with Crippen molar-refractivity contribution in [1.29, 1.82) is 0 Å². The van der Waals surface area contributed by atoms with E-state index in [9.17, 15) is 0 Å². The Hall–Kier alpha value is -0.810. The number of hydrazine groups is 1. The van der Waals surface area contributed by atoms with Gasteiger partial charge in [0.15, 0.2) is 0 Å². The Balaban J connectivity index is 2.89. The molecule has 0 aromatic heterocycles. The third-order valence-corrected chi connectivity index (χ3v) is 3.29. The highest BCUT2D eigenvalue weighted by molar-refractivity contribution is 6.30. The predicted octanol–water partition coefficient (Wildman–Crippen LogP) is 2.15. The fraction of sp³-hybridized carbons (Fsp3) is 0.538. The Bertz CT molecular complexity index is 370. The summed E-state index contributed by atoms with van der Waals surface area (Å²) in [6.45, 7) is 2.06. The van der Waals surface area contributed by atoms with Crippen molar-refractivity contribution in [2.75, 3.05) is 14.2 Å². The van der Waals surface area contributed by atoms with E-state index in [4.69, 9.17) is 26.9 Å². The van der Waals surface area contributed by atoms with Crippen molar-refractivity contribution in [1.82, 2.24) is 5.43 Å². The third-order valence-electron chi connectivity index (χ3n) is 3.05. The van der Waals surface area contributed by atoms with Crippen LogP contribution < -0.4 is 16.0 Å². The lowest BCUT2D eigenvalue weighted by atomic mass is 9.99. The van der Waals surface area contributed by atoms with Gasteiger partial charge in [-0.1, -0.05) is 18.5 Å². The number of halogens is 1. The zero-order valence-electron chi connectivity index (χ0n) is 11.1. The maximum atomic E-state index is 6.01. The average molecular weight is 273 g/mol. The lowest BCUT2D eigenvalue weighted by Gasteiger charge is -2.25. The van der Waals surface area contributed by atoms with Gasteiger partial charge in [-0.2, -0.15) is 0 Å². The van der Waals surface area contributed by atoms with E-state index in [0.29, 0.717) is 11.4 Å². The van der Waals surface area contributed by atoms with Crippen LogP contribution in [0.15, 0.2) is 18.2 Å². The van der Waals surface area contributed by atoms with E-state index in [0.717, 1.165) is 17.7 Å². The summed E-state index contributed by atoms with van der Waals surface area (Å²) in [6.07, 6.45) is 1.64. The Labute approximate surface area is 113 Å². The number of ether oxygens (including phenoxy) is 2. The minimum absolute atomic E-state index is 0.0207. The van der Waals surface area contributed by atoms with Crippen LogP contribution in [0.4, 0.5) is 0 Å². The smallest absolute Gasteiger partial charge is 0.122 e. The molecule has 0 radical (unpaired) electrons. The van der Waals surface area contributed by atoms with Gasteiger partial charge in [0.05, 0.1) is 19.3 Å². The molecular weight excluding hydrogens is 252 g/mol. The Morgan fingerprint density at radius 1 is 1.39 bits per heavy atom. The van der Waals surface area contributed by atoms with Crippen LogP contribution >= 0.6 is 11.6 Å². The maximum absolute atomic E-state index is 6.01. The lowest BCUT2D eigenvalue weighted by Crippen LogP contribution is -2.46. The van der Waals surface area contributed by atoms with E-state index in [2.05, 4.69) is 12.3 Å². The minimum Gasteiger partial charge on any atom is -0.496 e. The molecule has 102 valence electrons. The van der Waals surface area contributed by atoms with Gasteiger partial charge in [0.25, 0.3) is 0 Å². The standard InChI is InChI=1S/C13H21ClN2O2/c1-4-12(17-2)11(16-15)8-9-7-10(14)5-6-13(9)18-3/h5-7,11-12,16H,4,8,15H2,1-3H3. The van der Waals surface area contributed by atoms with Gasteiger partial charge < -0.3 is 9.47 Å². The molecule has 18 heavy (non-hydrogen) atoms. The first-order valence-corrected chi connectivity index (χ1v) is 6.35. The molecule has 2 atom stereocenters. The van der Waals surface area contributed by atoms with Crippen LogP contribution in [-0.4, -0.2) is 26.4 Å². The van der Waals surface area contributed by atoms with Crippen LogP contribution in [-0.2, 0) is 11.2 Å². The summed E-state index contributed by atoms with van der Waals surface area (Å²) in [5.41, 5.74) is 3.82. The molecule has 0 saturated heterocycles. The topological polar surface area (TPSA) is 56.5 Å². The highest BCUT2D eigenvalue weighted by atomic mass is 35.5.